The zero-order valence-corrected chi connectivity index (χ0v) is 10.3. The molecule has 2 heteroatoms. The summed E-state index contributed by atoms with van der Waals surface area (Å²) in [6, 6.07) is 0.775. The van der Waals surface area contributed by atoms with Crippen molar-refractivity contribution >= 4 is 0 Å². The number of likely N-dealkylation sites (tertiary alicyclic amines) is 1. The topological polar surface area (TPSA) is 12.5 Å². The molecule has 1 rings (SSSR count). The van der Waals surface area contributed by atoms with Crippen LogP contribution in [0.1, 0.15) is 40.5 Å². The van der Waals surface area contributed by atoms with Crippen molar-refractivity contribution in [2.45, 2.75) is 46.6 Å². The lowest BCUT2D eigenvalue weighted by Gasteiger charge is -2.18. The van der Waals surface area contributed by atoms with Crippen molar-refractivity contribution in [1.82, 2.24) is 4.90 Å². The van der Waals surface area contributed by atoms with Gasteiger partial charge in [-0.1, -0.05) is 13.8 Å². The zero-order valence-electron chi connectivity index (χ0n) is 10.3. The highest BCUT2D eigenvalue weighted by Crippen LogP contribution is 2.09. The summed E-state index contributed by atoms with van der Waals surface area (Å²) in [5, 5.41) is 0. The van der Waals surface area contributed by atoms with E-state index in [0.717, 1.165) is 6.04 Å². The Bertz CT molecular complexity index is 78.2. The van der Waals surface area contributed by atoms with Crippen LogP contribution in [0, 0.1) is 0 Å². The smallest absolute Gasteiger partial charge is 0.0351 e. The molecule has 0 aromatic carbocycles. The lowest BCUT2D eigenvalue weighted by molar-refractivity contribution is 0.276. The van der Waals surface area contributed by atoms with Gasteiger partial charge in [0.05, 0.1) is 0 Å². The van der Waals surface area contributed by atoms with E-state index in [1.807, 2.05) is 13.8 Å². The summed E-state index contributed by atoms with van der Waals surface area (Å²) in [6.07, 6.45) is 2.83. The van der Waals surface area contributed by atoms with Crippen LogP contribution in [0.2, 0.25) is 0 Å². The fraction of sp³-hybridized carbons (Fsp3) is 1.00. The highest BCUT2D eigenvalue weighted by molar-refractivity contribution is 4.68. The van der Waals surface area contributed by atoms with E-state index in [2.05, 4.69) is 23.5 Å². The van der Waals surface area contributed by atoms with Gasteiger partial charge in [0.1, 0.15) is 0 Å². The molecule has 0 N–H and O–H groups in total. The molecule has 0 spiro atoms. The number of ether oxygens (including phenoxy) is 1. The standard InChI is InChI=1S/C7H15N.C2H6O.C2H6/c1-7(2)8-5-3-4-6-8;1-3-2;1-2/h7H,3-6H2,1-2H3;1-2H3;1-2H3. The van der Waals surface area contributed by atoms with Crippen molar-refractivity contribution in [3.05, 3.63) is 0 Å². The van der Waals surface area contributed by atoms with Crippen LogP contribution in [0.4, 0.5) is 0 Å². The van der Waals surface area contributed by atoms with Crippen LogP contribution < -0.4 is 0 Å². The van der Waals surface area contributed by atoms with Gasteiger partial charge in [-0.15, -0.1) is 0 Å². The molecule has 0 unspecified atom stereocenters. The predicted molar refractivity (Wildman–Crippen MR) is 60.2 cm³/mol. The molecule has 1 aliphatic rings. The molecule has 0 aromatic heterocycles. The van der Waals surface area contributed by atoms with Crippen LogP contribution in [-0.2, 0) is 4.74 Å². The van der Waals surface area contributed by atoms with Crippen LogP contribution in [0.3, 0.4) is 0 Å². The van der Waals surface area contributed by atoms with Gasteiger partial charge in [0.15, 0.2) is 0 Å². The van der Waals surface area contributed by atoms with Crippen molar-refractivity contribution < 1.29 is 4.74 Å². The predicted octanol–water partition coefficient (Wildman–Crippen LogP) is 2.78. The van der Waals surface area contributed by atoms with Crippen LogP contribution in [0.25, 0.3) is 0 Å². The number of hydrogen-bond acceptors (Lipinski definition) is 2. The summed E-state index contributed by atoms with van der Waals surface area (Å²) in [4.78, 5) is 2.53. The third-order valence-corrected chi connectivity index (χ3v) is 1.87. The minimum Gasteiger partial charge on any atom is -0.388 e. The Morgan fingerprint density at radius 3 is 1.46 bits per heavy atom. The fourth-order valence-corrected chi connectivity index (χ4v) is 1.26. The maximum atomic E-state index is 4.25. The van der Waals surface area contributed by atoms with Gasteiger partial charge in [0, 0.05) is 20.3 Å². The van der Waals surface area contributed by atoms with E-state index in [0.29, 0.717) is 0 Å². The van der Waals surface area contributed by atoms with E-state index >= 15 is 0 Å². The van der Waals surface area contributed by atoms with Gasteiger partial charge in [-0.3, -0.25) is 0 Å². The van der Waals surface area contributed by atoms with Gasteiger partial charge in [-0.05, 0) is 39.8 Å². The second-order valence-corrected chi connectivity index (χ2v) is 3.25. The molecule has 1 fully saturated rings. The van der Waals surface area contributed by atoms with E-state index < -0.39 is 0 Å². The van der Waals surface area contributed by atoms with Crippen LogP contribution in [0.5, 0.6) is 0 Å². The maximum Gasteiger partial charge on any atom is 0.0351 e. The van der Waals surface area contributed by atoms with Crippen LogP contribution in [0.15, 0.2) is 0 Å². The molecule has 0 amide bonds. The molecule has 0 atom stereocenters. The van der Waals surface area contributed by atoms with E-state index in [1.54, 1.807) is 14.2 Å². The van der Waals surface area contributed by atoms with Gasteiger partial charge in [0.2, 0.25) is 0 Å². The van der Waals surface area contributed by atoms with Crippen molar-refractivity contribution in [3.8, 4) is 0 Å². The lowest BCUT2D eigenvalue weighted by atomic mass is 10.3. The van der Waals surface area contributed by atoms with Gasteiger partial charge < -0.3 is 9.64 Å². The van der Waals surface area contributed by atoms with Crippen molar-refractivity contribution in [2.24, 2.45) is 0 Å². The highest BCUT2D eigenvalue weighted by Gasteiger charge is 2.13. The first kappa shape index (κ1) is 15.4. The van der Waals surface area contributed by atoms with E-state index in [-0.39, 0.29) is 0 Å². The van der Waals surface area contributed by atoms with Gasteiger partial charge >= 0.3 is 0 Å². The third kappa shape index (κ3) is 9.84. The quantitative estimate of drug-likeness (QED) is 0.629. The molecule has 0 radical (unpaired) electrons. The van der Waals surface area contributed by atoms with Gasteiger partial charge in [0.25, 0.3) is 0 Å². The van der Waals surface area contributed by atoms with E-state index in [9.17, 15) is 0 Å². The Morgan fingerprint density at radius 1 is 1.00 bits per heavy atom. The summed E-state index contributed by atoms with van der Waals surface area (Å²) in [5.74, 6) is 0. The first-order valence-corrected chi connectivity index (χ1v) is 5.36. The first-order valence-electron chi connectivity index (χ1n) is 5.36. The molecule has 13 heavy (non-hydrogen) atoms. The Morgan fingerprint density at radius 2 is 1.31 bits per heavy atom. The highest BCUT2D eigenvalue weighted by atomic mass is 16.4. The maximum absolute atomic E-state index is 4.25. The second kappa shape index (κ2) is 11.9. The summed E-state index contributed by atoms with van der Waals surface area (Å²) >= 11 is 0. The van der Waals surface area contributed by atoms with Crippen LogP contribution in [-0.4, -0.2) is 38.3 Å². The average molecular weight is 189 g/mol. The van der Waals surface area contributed by atoms with Crippen molar-refractivity contribution in [3.63, 3.8) is 0 Å². The van der Waals surface area contributed by atoms with E-state index in [1.165, 1.54) is 25.9 Å². The number of methoxy groups -OCH3 is 1. The van der Waals surface area contributed by atoms with E-state index in [4.69, 9.17) is 0 Å². The fourth-order valence-electron chi connectivity index (χ4n) is 1.26. The summed E-state index contributed by atoms with van der Waals surface area (Å²) < 4.78 is 4.25. The largest absolute Gasteiger partial charge is 0.388 e. The summed E-state index contributed by atoms with van der Waals surface area (Å²) in [6.45, 7) is 11.2. The molecule has 0 saturated carbocycles. The Balaban J connectivity index is 0. The Hall–Kier alpha value is -0.0800. The number of nitrogens with zero attached hydrogens (tertiary/aromatic N) is 1. The molecule has 1 heterocycles. The third-order valence-electron chi connectivity index (χ3n) is 1.87. The Labute approximate surface area is 84.3 Å². The second-order valence-electron chi connectivity index (χ2n) is 3.25. The monoisotopic (exact) mass is 189 g/mol. The van der Waals surface area contributed by atoms with Crippen LogP contribution >= 0.6 is 0 Å². The molecular formula is C11H27NO. The summed E-state index contributed by atoms with van der Waals surface area (Å²) in [7, 11) is 3.25. The minimum absolute atomic E-state index is 0.775. The molecular weight excluding hydrogens is 162 g/mol. The first-order chi connectivity index (χ1) is 6.22. The molecule has 0 aliphatic carbocycles. The van der Waals surface area contributed by atoms with Crippen molar-refractivity contribution in [1.29, 1.82) is 0 Å². The molecule has 1 saturated heterocycles. The SMILES string of the molecule is CC.CC(C)N1CCCC1.COC. The Kier molecular flexibility index (Phi) is 14.1. The lowest BCUT2D eigenvalue weighted by Crippen LogP contribution is -2.26. The molecule has 82 valence electrons. The summed E-state index contributed by atoms with van der Waals surface area (Å²) in [5.41, 5.74) is 0. The normalized spacial score (nSPS) is 15.9. The molecule has 2 nitrogen and oxygen atoms in total. The zero-order chi connectivity index (χ0) is 10.7. The number of rotatable bonds is 1. The number of hydrogen-bond donors (Lipinski definition) is 0. The van der Waals surface area contributed by atoms with Gasteiger partial charge in [-0.2, -0.15) is 0 Å². The molecule has 0 bridgehead atoms. The average Bonchev–Trinajstić information content (AvgIpc) is 2.61. The van der Waals surface area contributed by atoms with Crippen molar-refractivity contribution in [2.75, 3.05) is 27.3 Å². The minimum atomic E-state index is 0.775. The molecule has 1 aliphatic heterocycles. The van der Waals surface area contributed by atoms with Gasteiger partial charge in [-0.25, -0.2) is 0 Å². The molecule has 0 aromatic rings.